The third-order valence-corrected chi connectivity index (χ3v) is 5.35. The maximum Gasteiger partial charge on any atom is 0.192 e. The van der Waals surface area contributed by atoms with E-state index < -0.39 is 0 Å². The molecule has 0 aliphatic heterocycles. The van der Waals surface area contributed by atoms with E-state index >= 15 is 0 Å². The van der Waals surface area contributed by atoms with Crippen molar-refractivity contribution in [2.24, 2.45) is 0 Å². The summed E-state index contributed by atoms with van der Waals surface area (Å²) in [7, 11) is 0. The number of aromatic nitrogens is 3. The molecular formula is C18H21N3OS. The monoisotopic (exact) mass is 327 g/mol. The molecule has 2 aromatic rings. The van der Waals surface area contributed by atoms with Gasteiger partial charge in [-0.15, -0.1) is 16.8 Å². The van der Waals surface area contributed by atoms with Gasteiger partial charge in [-0.3, -0.25) is 4.79 Å². The highest BCUT2D eigenvalue weighted by atomic mass is 32.2. The van der Waals surface area contributed by atoms with Gasteiger partial charge in [0.05, 0.1) is 5.25 Å². The fourth-order valence-corrected chi connectivity index (χ4v) is 4.01. The predicted octanol–water partition coefficient (Wildman–Crippen LogP) is 3.66. The average Bonchev–Trinajstić information content (AvgIpc) is 2.93. The van der Waals surface area contributed by atoms with Gasteiger partial charge in [-0.05, 0) is 18.4 Å². The molecule has 0 radical (unpaired) electrons. The Morgan fingerprint density at radius 2 is 2.09 bits per heavy atom. The molecule has 0 spiro atoms. The number of benzene rings is 1. The summed E-state index contributed by atoms with van der Waals surface area (Å²) in [4.78, 5) is 12.1. The lowest BCUT2D eigenvalue weighted by molar-refractivity contribution is -0.119. The van der Waals surface area contributed by atoms with Gasteiger partial charge in [0.2, 0.25) is 0 Å². The van der Waals surface area contributed by atoms with Gasteiger partial charge in [0.25, 0.3) is 0 Å². The Hall–Kier alpha value is -1.88. The zero-order chi connectivity index (χ0) is 16.1. The van der Waals surface area contributed by atoms with Crippen LogP contribution in [0.15, 0.2) is 48.1 Å². The zero-order valence-electron chi connectivity index (χ0n) is 13.1. The maximum atomic E-state index is 12.1. The van der Waals surface area contributed by atoms with E-state index in [1.165, 1.54) is 5.56 Å². The van der Waals surface area contributed by atoms with Crippen LogP contribution in [0.25, 0.3) is 0 Å². The summed E-state index contributed by atoms with van der Waals surface area (Å²) < 4.78 is 2.08. The molecule has 1 atom stereocenters. The number of carbonyl (C=O) groups excluding carboxylic acids is 1. The van der Waals surface area contributed by atoms with Gasteiger partial charge < -0.3 is 4.57 Å². The first-order valence-electron chi connectivity index (χ1n) is 8.04. The van der Waals surface area contributed by atoms with Crippen molar-refractivity contribution in [2.45, 2.75) is 49.1 Å². The van der Waals surface area contributed by atoms with Crippen molar-refractivity contribution in [3.05, 3.63) is 54.4 Å². The van der Waals surface area contributed by atoms with Crippen LogP contribution in [-0.2, 0) is 17.8 Å². The third kappa shape index (κ3) is 3.91. The lowest BCUT2D eigenvalue weighted by Gasteiger charge is -2.19. The van der Waals surface area contributed by atoms with E-state index in [0.717, 1.165) is 36.7 Å². The summed E-state index contributed by atoms with van der Waals surface area (Å²) in [5, 5.41) is 9.55. The lowest BCUT2D eigenvalue weighted by atomic mass is 9.99. The molecule has 1 aromatic carbocycles. The molecule has 0 unspecified atom stereocenters. The number of Topliss-reactive ketones (excluding diaryl/α,β-unsaturated/α-hetero) is 1. The smallest absolute Gasteiger partial charge is 0.192 e. The molecule has 1 aliphatic rings. The van der Waals surface area contributed by atoms with Gasteiger partial charge in [-0.25, -0.2) is 0 Å². The van der Waals surface area contributed by atoms with Crippen LogP contribution in [0.4, 0.5) is 0 Å². The largest absolute Gasteiger partial charge is 0.302 e. The van der Waals surface area contributed by atoms with E-state index in [1.54, 1.807) is 11.8 Å². The Bertz CT molecular complexity index is 681. The van der Waals surface area contributed by atoms with E-state index in [-0.39, 0.29) is 5.25 Å². The summed E-state index contributed by atoms with van der Waals surface area (Å²) in [5.74, 6) is 1.26. The number of carbonyl (C=O) groups is 1. The van der Waals surface area contributed by atoms with Gasteiger partial charge in [0.15, 0.2) is 5.16 Å². The minimum absolute atomic E-state index is 0.0288. The highest BCUT2D eigenvalue weighted by Crippen LogP contribution is 2.31. The number of hydrogen-bond acceptors (Lipinski definition) is 4. The molecule has 1 aliphatic carbocycles. The molecule has 1 fully saturated rings. The van der Waals surface area contributed by atoms with Crippen LogP contribution >= 0.6 is 11.8 Å². The van der Waals surface area contributed by atoms with Crippen molar-refractivity contribution in [2.75, 3.05) is 0 Å². The van der Waals surface area contributed by atoms with Crippen molar-refractivity contribution in [3.8, 4) is 0 Å². The molecule has 120 valence electrons. The minimum Gasteiger partial charge on any atom is -0.302 e. The highest BCUT2D eigenvalue weighted by Gasteiger charge is 2.25. The fraction of sp³-hybridized carbons (Fsp3) is 0.389. The molecule has 1 heterocycles. The van der Waals surface area contributed by atoms with Crippen LogP contribution in [-0.4, -0.2) is 25.8 Å². The number of nitrogens with zero attached hydrogens (tertiary/aromatic N) is 3. The molecule has 23 heavy (non-hydrogen) atoms. The Morgan fingerprint density at radius 3 is 2.83 bits per heavy atom. The number of thioether (sulfide) groups is 1. The normalized spacial score (nSPS) is 18.1. The van der Waals surface area contributed by atoms with Crippen LogP contribution in [0.5, 0.6) is 0 Å². The van der Waals surface area contributed by atoms with Crippen LogP contribution in [0.3, 0.4) is 0 Å². The van der Waals surface area contributed by atoms with E-state index in [4.69, 9.17) is 0 Å². The molecular weight excluding hydrogens is 306 g/mol. The van der Waals surface area contributed by atoms with Crippen molar-refractivity contribution in [1.29, 1.82) is 0 Å². The fourth-order valence-electron chi connectivity index (χ4n) is 2.83. The van der Waals surface area contributed by atoms with Gasteiger partial charge in [-0.1, -0.05) is 54.6 Å². The Balaban J connectivity index is 1.80. The summed E-state index contributed by atoms with van der Waals surface area (Å²) in [6, 6.07) is 10.2. The maximum absolute atomic E-state index is 12.1. The Kier molecular flexibility index (Phi) is 5.28. The molecule has 1 aromatic heterocycles. The quantitative estimate of drug-likeness (QED) is 0.760. The van der Waals surface area contributed by atoms with E-state index in [1.807, 2.05) is 24.3 Å². The van der Waals surface area contributed by atoms with Crippen LogP contribution in [0.2, 0.25) is 0 Å². The molecule has 4 nitrogen and oxygen atoms in total. The van der Waals surface area contributed by atoms with Gasteiger partial charge in [-0.2, -0.15) is 0 Å². The standard InChI is InChI=1S/C18H21N3OS/c1-2-12-21-17(13-14-8-4-3-5-9-14)19-20-18(21)23-16-11-7-6-10-15(16)22/h2-5,8-9,16H,1,6-7,10-13H2/t16-/m1/s1. The van der Waals surface area contributed by atoms with Crippen LogP contribution < -0.4 is 0 Å². The van der Waals surface area contributed by atoms with Crippen LogP contribution in [0.1, 0.15) is 37.1 Å². The van der Waals surface area contributed by atoms with E-state index in [9.17, 15) is 4.79 Å². The van der Waals surface area contributed by atoms with Crippen molar-refractivity contribution in [1.82, 2.24) is 14.8 Å². The van der Waals surface area contributed by atoms with E-state index in [0.29, 0.717) is 18.7 Å². The minimum atomic E-state index is 0.0288. The van der Waals surface area contributed by atoms with Gasteiger partial charge >= 0.3 is 0 Å². The second-order valence-electron chi connectivity index (χ2n) is 5.78. The number of allylic oxidation sites excluding steroid dienone is 1. The summed E-state index contributed by atoms with van der Waals surface area (Å²) in [5.41, 5.74) is 1.20. The van der Waals surface area contributed by atoms with Gasteiger partial charge in [0.1, 0.15) is 11.6 Å². The average molecular weight is 327 g/mol. The van der Waals surface area contributed by atoms with Gasteiger partial charge in [0, 0.05) is 19.4 Å². The summed E-state index contributed by atoms with van der Waals surface area (Å²) in [6.45, 7) is 4.50. The zero-order valence-corrected chi connectivity index (χ0v) is 14.0. The second kappa shape index (κ2) is 7.59. The predicted molar refractivity (Wildman–Crippen MR) is 92.6 cm³/mol. The second-order valence-corrected chi connectivity index (χ2v) is 6.95. The molecule has 0 bridgehead atoms. The first kappa shape index (κ1) is 16.0. The number of rotatable bonds is 6. The third-order valence-electron chi connectivity index (χ3n) is 4.06. The highest BCUT2D eigenvalue weighted by molar-refractivity contribution is 8.00. The van der Waals surface area contributed by atoms with Crippen molar-refractivity contribution < 1.29 is 4.79 Å². The molecule has 1 saturated carbocycles. The van der Waals surface area contributed by atoms with Crippen molar-refractivity contribution in [3.63, 3.8) is 0 Å². The molecule has 5 heteroatoms. The van der Waals surface area contributed by atoms with Crippen LogP contribution in [0, 0.1) is 0 Å². The first-order chi connectivity index (χ1) is 11.3. The van der Waals surface area contributed by atoms with Crippen molar-refractivity contribution >= 4 is 17.5 Å². The Labute approximate surface area is 141 Å². The number of hydrogen-bond donors (Lipinski definition) is 0. The first-order valence-corrected chi connectivity index (χ1v) is 8.92. The summed E-state index contributed by atoms with van der Waals surface area (Å²) in [6.07, 6.45) is 6.37. The lowest BCUT2D eigenvalue weighted by Crippen LogP contribution is -2.22. The molecule has 0 saturated heterocycles. The molecule has 0 amide bonds. The molecule has 0 N–H and O–H groups in total. The Morgan fingerprint density at radius 1 is 1.26 bits per heavy atom. The topological polar surface area (TPSA) is 47.8 Å². The SMILES string of the molecule is C=CCn1c(Cc2ccccc2)nnc1S[C@@H]1CCCCC1=O. The summed E-state index contributed by atoms with van der Waals surface area (Å²) >= 11 is 1.56. The van der Waals surface area contributed by atoms with E-state index in [2.05, 4.69) is 33.5 Å². The number of ketones is 1. The molecule has 3 rings (SSSR count).